The number of ether oxygens (including phenoxy) is 2. The Bertz CT molecular complexity index is 826. The van der Waals surface area contributed by atoms with Crippen LogP contribution in [-0.2, 0) is 22.7 Å². The Morgan fingerprint density at radius 2 is 1.74 bits per heavy atom. The van der Waals surface area contributed by atoms with Crippen LogP contribution in [0.3, 0.4) is 0 Å². The Morgan fingerprint density at radius 3 is 2.44 bits per heavy atom. The van der Waals surface area contributed by atoms with Crippen LogP contribution in [0.1, 0.15) is 25.0 Å². The summed E-state index contributed by atoms with van der Waals surface area (Å²) in [6, 6.07) is 17.7. The Hall–Kier alpha value is -1.59. The SMILES string of the molecule is CC1(C)[C@H](C=C(Br)Br)[C@H]1C(=O)OCc1cccc(OCc2ccccc2)c1. The Labute approximate surface area is 177 Å². The van der Waals surface area contributed by atoms with Crippen LogP contribution in [0.5, 0.6) is 5.75 Å². The van der Waals surface area contributed by atoms with Gasteiger partial charge >= 0.3 is 5.97 Å². The van der Waals surface area contributed by atoms with Crippen molar-refractivity contribution in [3.8, 4) is 5.75 Å². The molecule has 27 heavy (non-hydrogen) atoms. The van der Waals surface area contributed by atoms with Crippen molar-refractivity contribution < 1.29 is 14.3 Å². The van der Waals surface area contributed by atoms with Gasteiger partial charge in [-0.3, -0.25) is 4.79 Å². The van der Waals surface area contributed by atoms with E-state index < -0.39 is 0 Å². The monoisotopic (exact) mass is 492 g/mol. The standard InChI is InChI=1S/C22H22Br2O3/c1-22(2)18(12-19(23)24)20(22)21(25)27-14-16-9-6-10-17(11-16)26-13-15-7-4-3-5-8-15/h3-12,18,20H,13-14H2,1-2H3/t18-,20+/m1/s1. The van der Waals surface area contributed by atoms with Gasteiger partial charge in [-0.1, -0.05) is 62.4 Å². The highest BCUT2D eigenvalue weighted by Gasteiger charge is 2.61. The maximum Gasteiger partial charge on any atom is 0.310 e. The average molecular weight is 494 g/mol. The number of hydrogen-bond acceptors (Lipinski definition) is 3. The minimum absolute atomic E-state index is 0.0789. The van der Waals surface area contributed by atoms with E-state index in [1.54, 1.807) is 0 Å². The third-order valence-corrected chi connectivity index (χ3v) is 5.53. The third kappa shape index (κ3) is 5.23. The van der Waals surface area contributed by atoms with E-state index in [0.717, 1.165) is 20.3 Å². The predicted octanol–water partition coefficient (Wildman–Crippen LogP) is 6.21. The van der Waals surface area contributed by atoms with E-state index in [0.29, 0.717) is 6.61 Å². The quantitative estimate of drug-likeness (QED) is 0.430. The molecule has 2 aromatic rings. The maximum atomic E-state index is 12.5. The lowest BCUT2D eigenvalue weighted by Gasteiger charge is -2.09. The molecule has 0 aromatic heterocycles. The van der Waals surface area contributed by atoms with Crippen molar-refractivity contribution >= 4 is 37.8 Å². The van der Waals surface area contributed by atoms with Crippen LogP contribution in [-0.4, -0.2) is 5.97 Å². The first-order valence-electron chi connectivity index (χ1n) is 8.83. The van der Waals surface area contributed by atoms with Gasteiger partial charge in [-0.05, 0) is 66.5 Å². The highest BCUT2D eigenvalue weighted by atomic mass is 79.9. The number of carbonyl (C=O) groups excluding carboxylic acids is 1. The van der Waals surface area contributed by atoms with Gasteiger partial charge < -0.3 is 9.47 Å². The zero-order valence-electron chi connectivity index (χ0n) is 15.3. The average Bonchev–Trinajstić information content (AvgIpc) is 3.18. The first-order chi connectivity index (χ1) is 12.9. The maximum absolute atomic E-state index is 12.5. The number of allylic oxidation sites excluding steroid dienone is 1. The molecule has 3 rings (SSSR count). The summed E-state index contributed by atoms with van der Waals surface area (Å²) in [5.74, 6) is 0.681. The summed E-state index contributed by atoms with van der Waals surface area (Å²) in [4.78, 5) is 12.5. The minimum Gasteiger partial charge on any atom is -0.489 e. The molecule has 1 aliphatic carbocycles. The van der Waals surface area contributed by atoms with Crippen LogP contribution in [0, 0.1) is 17.3 Å². The molecule has 0 N–H and O–H groups in total. The fourth-order valence-corrected chi connectivity index (χ4v) is 3.85. The topological polar surface area (TPSA) is 35.5 Å². The summed E-state index contributed by atoms with van der Waals surface area (Å²) in [5.41, 5.74) is 1.95. The van der Waals surface area contributed by atoms with Crippen molar-refractivity contribution in [2.75, 3.05) is 0 Å². The van der Waals surface area contributed by atoms with E-state index in [2.05, 4.69) is 45.7 Å². The van der Waals surface area contributed by atoms with Gasteiger partial charge in [-0.25, -0.2) is 0 Å². The molecule has 0 unspecified atom stereocenters. The van der Waals surface area contributed by atoms with E-state index in [4.69, 9.17) is 9.47 Å². The highest BCUT2D eigenvalue weighted by molar-refractivity contribution is 9.28. The molecular formula is C22H22Br2O3. The third-order valence-electron chi connectivity index (χ3n) is 5.00. The van der Waals surface area contributed by atoms with Crippen LogP contribution in [0.25, 0.3) is 0 Å². The molecule has 0 amide bonds. The van der Waals surface area contributed by atoms with Crippen molar-refractivity contribution in [1.29, 1.82) is 0 Å². The lowest BCUT2D eigenvalue weighted by molar-refractivity contribution is -0.147. The zero-order valence-corrected chi connectivity index (χ0v) is 18.5. The molecule has 2 atom stereocenters. The highest BCUT2D eigenvalue weighted by Crippen LogP contribution is 2.60. The second-order valence-corrected chi connectivity index (χ2v) is 10.1. The van der Waals surface area contributed by atoms with E-state index >= 15 is 0 Å². The first-order valence-corrected chi connectivity index (χ1v) is 10.4. The molecule has 2 aromatic carbocycles. The predicted molar refractivity (Wildman–Crippen MR) is 114 cm³/mol. The molecule has 0 radical (unpaired) electrons. The van der Waals surface area contributed by atoms with Crippen LogP contribution in [0.15, 0.2) is 64.1 Å². The second-order valence-electron chi connectivity index (χ2n) is 7.31. The van der Waals surface area contributed by atoms with Gasteiger partial charge in [-0.15, -0.1) is 0 Å². The molecule has 0 saturated heterocycles. The van der Waals surface area contributed by atoms with Crippen molar-refractivity contribution in [3.05, 3.63) is 75.2 Å². The van der Waals surface area contributed by atoms with E-state index in [-0.39, 0.29) is 29.8 Å². The van der Waals surface area contributed by atoms with Gasteiger partial charge in [0.15, 0.2) is 0 Å². The summed E-state index contributed by atoms with van der Waals surface area (Å²) in [6.07, 6.45) is 2.02. The summed E-state index contributed by atoms with van der Waals surface area (Å²) >= 11 is 6.74. The van der Waals surface area contributed by atoms with Crippen molar-refractivity contribution in [2.24, 2.45) is 17.3 Å². The van der Waals surface area contributed by atoms with Gasteiger partial charge in [0.25, 0.3) is 0 Å². The summed E-state index contributed by atoms with van der Waals surface area (Å²) in [6.45, 7) is 4.93. The number of halogens is 2. The van der Waals surface area contributed by atoms with Crippen molar-refractivity contribution in [3.63, 3.8) is 0 Å². The number of rotatable bonds is 7. The molecule has 0 aliphatic heterocycles. The summed E-state index contributed by atoms with van der Waals surface area (Å²) in [5, 5.41) is 0. The number of esters is 1. The second kappa shape index (κ2) is 8.61. The lowest BCUT2D eigenvalue weighted by Crippen LogP contribution is -2.10. The van der Waals surface area contributed by atoms with Gasteiger partial charge in [0.1, 0.15) is 19.0 Å². The first kappa shape index (κ1) is 20.2. The molecule has 0 bridgehead atoms. The number of benzene rings is 2. The zero-order chi connectivity index (χ0) is 19.4. The largest absolute Gasteiger partial charge is 0.489 e. The summed E-state index contributed by atoms with van der Waals surface area (Å²) < 4.78 is 12.3. The molecule has 0 heterocycles. The minimum atomic E-state index is -0.155. The van der Waals surface area contributed by atoms with E-state index in [1.165, 1.54) is 0 Å². The Morgan fingerprint density at radius 1 is 1.04 bits per heavy atom. The molecular weight excluding hydrogens is 472 g/mol. The Kier molecular flexibility index (Phi) is 6.43. The molecule has 3 nitrogen and oxygen atoms in total. The molecule has 142 valence electrons. The molecule has 1 fully saturated rings. The Balaban J connectivity index is 1.54. The smallest absolute Gasteiger partial charge is 0.310 e. The fraction of sp³-hybridized carbons (Fsp3) is 0.318. The molecule has 0 spiro atoms. The number of hydrogen-bond donors (Lipinski definition) is 0. The fourth-order valence-electron chi connectivity index (χ4n) is 3.28. The van der Waals surface area contributed by atoms with Gasteiger partial charge in [0, 0.05) is 0 Å². The van der Waals surface area contributed by atoms with Crippen LogP contribution < -0.4 is 4.74 Å². The van der Waals surface area contributed by atoms with Gasteiger partial charge in [-0.2, -0.15) is 0 Å². The van der Waals surface area contributed by atoms with Crippen LogP contribution in [0.2, 0.25) is 0 Å². The van der Waals surface area contributed by atoms with Crippen molar-refractivity contribution in [2.45, 2.75) is 27.1 Å². The van der Waals surface area contributed by atoms with Crippen molar-refractivity contribution in [1.82, 2.24) is 0 Å². The van der Waals surface area contributed by atoms with Crippen LogP contribution in [0.4, 0.5) is 0 Å². The summed E-state index contributed by atoms with van der Waals surface area (Å²) in [7, 11) is 0. The van der Waals surface area contributed by atoms with Gasteiger partial charge in [0.05, 0.1) is 9.31 Å². The van der Waals surface area contributed by atoms with Crippen LogP contribution >= 0.6 is 31.9 Å². The lowest BCUT2D eigenvalue weighted by atomic mass is 10.1. The molecule has 1 aliphatic rings. The van der Waals surface area contributed by atoms with Gasteiger partial charge in [0.2, 0.25) is 0 Å². The van der Waals surface area contributed by atoms with E-state index in [9.17, 15) is 4.79 Å². The normalized spacial score (nSPS) is 19.9. The number of carbonyl (C=O) groups is 1. The molecule has 5 heteroatoms. The molecule has 1 saturated carbocycles. The van der Waals surface area contributed by atoms with E-state index in [1.807, 2.05) is 60.7 Å².